The molecule has 1 fully saturated rings. The molecule has 0 aliphatic carbocycles. The van der Waals surface area contributed by atoms with Gasteiger partial charge in [-0.2, -0.15) is 23.0 Å². The van der Waals surface area contributed by atoms with Crippen LogP contribution in [0.2, 0.25) is 0 Å². The number of carbonyl (C=O) groups is 4. The SMILES string of the molecule is CN(CCN(C)c1ncc(C(=O)NO)cn1)c1ccc(Nc2nc(-c3ccc4c(c3)CN=C4)cn3ccnc23)cc1.CN(CCN(C)c1ncc(C(=O)NOC2CCCCO2)cn1)c1ccc(Nc2nc(-c3ccc4cnn(C(=O)OC(C)(C)C)c4c3)cn3ccnc23)cc1.CO.O=CC(F)(F)F. The number of aromatic nitrogens is 12. The third-order valence-electron chi connectivity index (χ3n) is 15.9. The molecule has 4 aromatic carbocycles. The van der Waals surface area contributed by atoms with Crippen LogP contribution in [0.1, 0.15) is 71.9 Å². The maximum absolute atomic E-state index is 12.9. The highest BCUT2D eigenvalue weighted by molar-refractivity contribution is 5.94. The van der Waals surface area contributed by atoms with Crippen molar-refractivity contribution < 1.29 is 57.0 Å². The molecule has 33 heteroatoms. The van der Waals surface area contributed by atoms with Crippen LogP contribution >= 0.6 is 0 Å². The summed E-state index contributed by atoms with van der Waals surface area (Å²) in [5.41, 5.74) is 15.4. The quantitative estimate of drug-likeness (QED) is 0.0235. The molecule has 11 aromatic rings. The Balaban J connectivity index is 0.000000206. The molecule has 7 aromatic heterocycles. The Morgan fingerprint density at radius 1 is 0.660 bits per heavy atom. The minimum atomic E-state index is -4.64. The summed E-state index contributed by atoms with van der Waals surface area (Å²) in [5.74, 6) is 1.18. The molecule has 536 valence electrons. The first-order valence-corrected chi connectivity index (χ1v) is 32.3. The number of carbonyl (C=O) groups excluding carboxylic acids is 4. The van der Waals surface area contributed by atoms with Crippen LogP contribution < -0.4 is 41.2 Å². The highest BCUT2D eigenvalue weighted by atomic mass is 19.4. The number of ether oxygens (including phenoxy) is 2. The number of hydrogen-bond acceptors (Lipinski definition) is 25. The highest BCUT2D eigenvalue weighted by Crippen LogP contribution is 2.31. The Labute approximate surface area is 588 Å². The number of nitrogens with zero attached hydrogens (tertiary/aromatic N) is 17. The Morgan fingerprint density at radius 3 is 1.66 bits per heavy atom. The van der Waals surface area contributed by atoms with Gasteiger partial charge in [-0.05, 0) is 105 Å². The van der Waals surface area contributed by atoms with Crippen LogP contribution in [0.3, 0.4) is 0 Å². The van der Waals surface area contributed by atoms with E-state index in [1.54, 1.807) is 24.1 Å². The van der Waals surface area contributed by atoms with Crippen molar-refractivity contribution in [3.05, 3.63) is 175 Å². The summed E-state index contributed by atoms with van der Waals surface area (Å²) < 4.78 is 47.4. The van der Waals surface area contributed by atoms with Gasteiger partial charge in [0.05, 0.1) is 40.8 Å². The zero-order valence-electron chi connectivity index (χ0n) is 57.5. The fourth-order valence-electron chi connectivity index (χ4n) is 10.5. The predicted octanol–water partition coefficient (Wildman–Crippen LogP) is 9.73. The summed E-state index contributed by atoms with van der Waals surface area (Å²) in [5, 5.41) is 27.7. The van der Waals surface area contributed by atoms with Crippen molar-refractivity contribution in [2.75, 3.05) is 98.3 Å². The van der Waals surface area contributed by atoms with Crippen molar-refractivity contribution in [2.45, 2.75) is 64.6 Å². The zero-order chi connectivity index (χ0) is 73.4. The number of hydrogen-bond donors (Lipinski definition) is 6. The van der Waals surface area contributed by atoms with E-state index in [0.29, 0.717) is 78.7 Å². The summed E-state index contributed by atoms with van der Waals surface area (Å²) in [6.07, 6.45) is 16.5. The van der Waals surface area contributed by atoms with Gasteiger partial charge in [0.15, 0.2) is 29.2 Å². The lowest BCUT2D eigenvalue weighted by atomic mass is 10.0. The summed E-state index contributed by atoms with van der Waals surface area (Å²) in [6, 6.07) is 28.2. The number of anilines is 8. The van der Waals surface area contributed by atoms with E-state index in [2.05, 4.69) is 84.1 Å². The number of rotatable bonds is 20. The van der Waals surface area contributed by atoms with Gasteiger partial charge >= 0.3 is 12.3 Å². The van der Waals surface area contributed by atoms with Crippen molar-refractivity contribution in [3.63, 3.8) is 0 Å². The summed E-state index contributed by atoms with van der Waals surface area (Å²) in [6.45, 7) is 9.50. The van der Waals surface area contributed by atoms with E-state index in [9.17, 15) is 27.6 Å². The standard InChI is InChI=1S/C38H43N11O5.C29H28N10O2.C2HF3O.CH4O/c1-38(2,3)53-37(51)49-31-20-25(9-10-26(31)23-42-49)30-24-48-16-15-39-34(48)33(44-30)43-28-11-13-29(14-12-28)46(4)17-18-47(5)36-40-21-27(22-41-36)35(50)45-54-32-8-6-7-19-52-32;1-37(11-12-38(2)29-32-16-22(17-33-29)28(40)36-41)24-7-5-23(6-8-24)34-26-27-31-9-10-39(27)18-25(35-26)19-3-4-20-14-30-15-21(20)13-19;3-2(4,5)1-6;1-2/h9-16,20-24,32H,6-8,17-19H2,1-5H3,(H,43,44)(H,45,50);3-10,13-14,16-18,41H,11-12,15H2,1-2H3,(H,34,35)(H,36,40);1H;2H,1H3. The lowest BCUT2D eigenvalue weighted by molar-refractivity contribution is -0.186. The van der Waals surface area contributed by atoms with E-state index in [1.807, 2.05) is 165 Å². The summed E-state index contributed by atoms with van der Waals surface area (Å²) in [7, 11) is 8.83. The molecule has 0 bridgehead atoms. The molecule has 103 heavy (non-hydrogen) atoms. The van der Waals surface area contributed by atoms with Crippen LogP contribution in [0.25, 0.3) is 44.7 Å². The highest BCUT2D eigenvalue weighted by Gasteiger charge is 2.26. The number of alkyl halides is 3. The number of likely N-dealkylation sites (N-methyl/N-ethyl adjacent to an activating group) is 4. The number of aliphatic hydroxyl groups excluding tert-OH is 1. The second-order valence-electron chi connectivity index (χ2n) is 24.5. The van der Waals surface area contributed by atoms with Gasteiger partial charge in [0, 0.05) is 182 Å². The minimum absolute atomic E-state index is 0.184. The average molecular weight is 1410 g/mol. The van der Waals surface area contributed by atoms with Gasteiger partial charge in [0.1, 0.15) is 5.60 Å². The number of hydroxylamine groups is 2. The summed E-state index contributed by atoms with van der Waals surface area (Å²) >= 11 is 0. The first kappa shape index (κ1) is 73.6. The Hall–Kier alpha value is -12.1. The van der Waals surface area contributed by atoms with Crippen LogP contribution in [0.4, 0.5) is 64.2 Å². The Bertz CT molecular complexity index is 4740. The van der Waals surface area contributed by atoms with Gasteiger partial charge in [0.2, 0.25) is 18.2 Å². The van der Waals surface area contributed by atoms with E-state index in [-0.39, 0.29) is 5.56 Å². The number of nitrogens with one attached hydrogen (secondary N) is 4. The molecule has 2 aliphatic heterocycles. The van der Waals surface area contributed by atoms with Gasteiger partial charge in [-0.25, -0.2) is 60.5 Å². The molecule has 1 atom stereocenters. The molecule has 13 rings (SSSR count). The fourth-order valence-corrected chi connectivity index (χ4v) is 10.5. The van der Waals surface area contributed by atoms with Crippen LogP contribution in [-0.2, 0) is 25.7 Å². The van der Waals surface area contributed by atoms with Gasteiger partial charge in [0.25, 0.3) is 11.8 Å². The molecule has 0 saturated carbocycles. The van der Waals surface area contributed by atoms with E-state index in [0.717, 1.165) is 89.1 Å². The maximum Gasteiger partial charge on any atom is 0.446 e. The van der Waals surface area contributed by atoms with E-state index in [4.69, 9.17) is 39.4 Å². The second-order valence-corrected chi connectivity index (χ2v) is 24.5. The number of halogens is 3. The van der Waals surface area contributed by atoms with E-state index < -0.39 is 42.3 Å². The average Bonchev–Trinajstić information content (AvgIpc) is 1.70. The van der Waals surface area contributed by atoms with Crippen LogP contribution in [0.5, 0.6) is 0 Å². The number of imidazole rings is 2. The predicted molar refractivity (Wildman–Crippen MR) is 381 cm³/mol. The topological polar surface area (TPSA) is 340 Å². The molecule has 9 heterocycles. The van der Waals surface area contributed by atoms with Gasteiger partial charge < -0.3 is 53.6 Å². The number of amides is 2. The monoisotopic (exact) mass is 1410 g/mol. The third-order valence-corrected chi connectivity index (χ3v) is 15.9. The van der Waals surface area contributed by atoms with Crippen molar-refractivity contribution in [2.24, 2.45) is 4.99 Å². The smallest absolute Gasteiger partial charge is 0.442 e. The second kappa shape index (κ2) is 33.4. The number of benzene rings is 4. The summed E-state index contributed by atoms with van der Waals surface area (Å²) in [4.78, 5) is 99.4. The van der Waals surface area contributed by atoms with Gasteiger partial charge in [-0.15, -0.1) is 0 Å². The van der Waals surface area contributed by atoms with Gasteiger partial charge in [-0.3, -0.25) is 24.6 Å². The minimum Gasteiger partial charge on any atom is -0.442 e. The molecule has 0 spiro atoms. The molecule has 1 saturated heterocycles. The van der Waals surface area contributed by atoms with Crippen LogP contribution in [0.15, 0.2) is 158 Å². The molecular weight excluding hydrogens is 1340 g/mol. The van der Waals surface area contributed by atoms with E-state index in [1.165, 1.54) is 35.0 Å². The Morgan fingerprint density at radius 2 is 1.17 bits per heavy atom. The molecule has 0 radical (unpaired) electrons. The first-order chi connectivity index (χ1) is 49.5. The van der Waals surface area contributed by atoms with Crippen molar-refractivity contribution in [1.29, 1.82) is 0 Å². The van der Waals surface area contributed by atoms with Crippen LogP contribution in [0, 0.1) is 0 Å². The molecule has 6 N–H and O–H groups in total. The van der Waals surface area contributed by atoms with Gasteiger partial charge in [-0.1, -0.05) is 24.3 Å². The molecule has 2 aliphatic rings. The number of aldehydes is 1. The third kappa shape index (κ3) is 19.3. The lowest BCUT2D eigenvalue weighted by Gasteiger charge is -2.24. The number of aliphatic hydroxyl groups is 1. The maximum atomic E-state index is 12.9. The largest absolute Gasteiger partial charge is 0.446 e. The van der Waals surface area contributed by atoms with Crippen LogP contribution in [-0.4, -0.2) is 185 Å². The zero-order valence-corrected chi connectivity index (χ0v) is 57.5. The van der Waals surface area contributed by atoms with Crippen molar-refractivity contribution in [3.8, 4) is 22.5 Å². The van der Waals surface area contributed by atoms with Crippen molar-refractivity contribution in [1.82, 2.24) is 69.4 Å². The first-order valence-electron chi connectivity index (χ1n) is 32.3. The Kier molecular flexibility index (Phi) is 23.9. The molecular formula is C70H76F3N21O9. The normalized spacial score (nSPS) is 13.1. The molecule has 30 nitrogen and oxygen atoms in total. The molecule has 1 unspecified atom stereocenters. The fraction of sp³-hybridized carbons (Fsp3) is 0.286. The van der Waals surface area contributed by atoms with E-state index >= 15 is 0 Å². The number of aliphatic imine (C=N–C) groups is 1. The molecule has 2 amide bonds. The lowest BCUT2D eigenvalue weighted by Crippen LogP contribution is -2.33. The van der Waals surface area contributed by atoms with Crippen molar-refractivity contribution >= 4 is 98.9 Å². The number of fused-ring (bicyclic) bond motifs is 4.